The molecule has 0 spiro atoms. The molecule has 3 aliphatic carbocycles. The number of fused-ring (bicyclic) bond motifs is 3. The van der Waals surface area contributed by atoms with E-state index in [4.69, 9.17) is 0 Å². The standard InChI is InChI=1S/C26H31N/c1-19-10-6-8-14-23(19)27-24-15-9-7-13-21(24)22-18-26(2,17-16-25(22)27)20-11-4-3-5-12-20/h3-8,11-14,18-19,21,24-25H,9-10,15-17H2,1-2H3/t19?,21?,24?,25?,26-/m0/s1. The molecule has 5 atom stereocenters. The maximum atomic E-state index is 2.85. The summed E-state index contributed by atoms with van der Waals surface area (Å²) in [5.41, 5.74) is 4.92. The zero-order valence-corrected chi connectivity index (χ0v) is 16.6. The first-order valence-corrected chi connectivity index (χ1v) is 10.8. The van der Waals surface area contributed by atoms with Crippen LogP contribution in [0.2, 0.25) is 0 Å². The zero-order chi connectivity index (χ0) is 18.4. The number of hydrogen-bond acceptors (Lipinski definition) is 1. The van der Waals surface area contributed by atoms with E-state index >= 15 is 0 Å². The molecule has 1 fully saturated rings. The predicted octanol–water partition coefficient (Wildman–Crippen LogP) is 6.16. The van der Waals surface area contributed by atoms with Crippen LogP contribution in [0.15, 0.2) is 78.1 Å². The van der Waals surface area contributed by atoms with Crippen LogP contribution in [0.4, 0.5) is 0 Å². The lowest BCUT2D eigenvalue weighted by molar-refractivity contribution is 0.193. The van der Waals surface area contributed by atoms with Crippen molar-refractivity contribution in [2.45, 2.75) is 63.5 Å². The molecule has 0 aromatic heterocycles. The number of benzene rings is 1. The summed E-state index contributed by atoms with van der Waals surface area (Å²) in [6.45, 7) is 4.85. The number of allylic oxidation sites excluding steroid dienone is 6. The van der Waals surface area contributed by atoms with E-state index in [9.17, 15) is 0 Å². The summed E-state index contributed by atoms with van der Waals surface area (Å²) in [5.74, 6) is 1.24. The second kappa shape index (κ2) is 6.55. The topological polar surface area (TPSA) is 3.24 Å². The van der Waals surface area contributed by atoms with Crippen molar-refractivity contribution in [3.63, 3.8) is 0 Å². The molecule has 4 aliphatic rings. The van der Waals surface area contributed by atoms with Gasteiger partial charge in [-0.3, -0.25) is 0 Å². The lowest BCUT2D eigenvalue weighted by Crippen LogP contribution is -2.41. The first kappa shape index (κ1) is 17.1. The van der Waals surface area contributed by atoms with Crippen LogP contribution >= 0.6 is 0 Å². The van der Waals surface area contributed by atoms with Gasteiger partial charge in [-0.25, -0.2) is 0 Å². The Bertz CT molecular complexity index is 827. The van der Waals surface area contributed by atoms with Crippen LogP contribution in [0.1, 0.15) is 51.5 Å². The van der Waals surface area contributed by atoms with E-state index in [1.165, 1.54) is 37.7 Å². The molecule has 0 saturated carbocycles. The van der Waals surface area contributed by atoms with E-state index in [-0.39, 0.29) is 5.41 Å². The Morgan fingerprint density at radius 1 is 1.07 bits per heavy atom. The van der Waals surface area contributed by atoms with Crippen LogP contribution in [-0.4, -0.2) is 17.0 Å². The molecule has 4 unspecified atom stereocenters. The van der Waals surface area contributed by atoms with Crippen molar-refractivity contribution in [3.8, 4) is 0 Å². The highest BCUT2D eigenvalue weighted by Gasteiger charge is 2.49. The average molecular weight is 358 g/mol. The molecule has 1 saturated heterocycles. The fourth-order valence-corrected chi connectivity index (χ4v) is 5.94. The number of hydrogen-bond donors (Lipinski definition) is 0. The third-order valence-electron chi connectivity index (χ3n) is 7.40. The smallest absolute Gasteiger partial charge is 0.0510 e. The molecular weight excluding hydrogens is 326 g/mol. The van der Waals surface area contributed by atoms with Crippen molar-refractivity contribution in [1.29, 1.82) is 0 Å². The molecule has 140 valence electrons. The Balaban J connectivity index is 1.58. The van der Waals surface area contributed by atoms with Crippen molar-refractivity contribution in [3.05, 3.63) is 83.6 Å². The van der Waals surface area contributed by atoms with Gasteiger partial charge in [0.2, 0.25) is 0 Å². The Labute approximate surface area is 164 Å². The minimum atomic E-state index is 0.172. The van der Waals surface area contributed by atoms with Crippen LogP contribution in [0.5, 0.6) is 0 Å². The number of likely N-dealkylation sites (tertiary alicyclic amines) is 1. The third kappa shape index (κ3) is 2.74. The van der Waals surface area contributed by atoms with E-state index < -0.39 is 0 Å². The zero-order valence-electron chi connectivity index (χ0n) is 16.6. The van der Waals surface area contributed by atoms with Gasteiger partial charge in [0.25, 0.3) is 0 Å². The van der Waals surface area contributed by atoms with Gasteiger partial charge in [0.15, 0.2) is 0 Å². The highest BCUT2D eigenvalue weighted by atomic mass is 15.2. The summed E-state index contributed by atoms with van der Waals surface area (Å²) in [5, 5.41) is 0. The second-order valence-electron chi connectivity index (χ2n) is 9.14. The molecule has 1 nitrogen and oxygen atoms in total. The molecule has 1 heterocycles. The fraction of sp³-hybridized carbons (Fsp3) is 0.462. The minimum absolute atomic E-state index is 0.172. The van der Waals surface area contributed by atoms with Gasteiger partial charge in [-0.15, -0.1) is 0 Å². The second-order valence-corrected chi connectivity index (χ2v) is 9.14. The highest BCUT2D eigenvalue weighted by Crippen LogP contribution is 2.51. The van der Waals surface area contributed by atoms with E-state index in [0.29, 0.717) is 23.9 Å². The molecular formula is C26H31N. The molecule has 1 heteroatoms. The van der Waals surface area contributed by atoms with Gasteiger partial charge in [0, 0.05) is 23.1 Å². The van der Waals surface area contributed by atoms with Gasteiger partial charge in [0.1, 0.15) is 0 Å². The highest BCUT2D eigenvalue weighted by molar-refractivity contribution is 5.42. The van der Waals surface area contributed by atoms with Crippen LogP contribution in [0, 0.1) is 11.8 Å². The molecule has 1 aliphatic heterocycles. The Hall–Kier alpha value is -2.02. The molecule has 1 aromatic rings. The van der Waals surface area contributed by atoms with Crippen molar-refractivity contribution in [2.24, 2.45) is 11.8 Å². The maximum absolute atomic E-state index is 2.85. The largest absolute Gasteiger partial charge is 0.364 e. The van der Waals surface area contributed by atoms with Crippen molar-refractivity contribution in [2.75, 3.05) is 0 Å². The summed E-state index contributed by atoms with van der Waals surface area (Å²) >= 11 is 0. The molecule has 0 radical (unpaired) electrons. The Kier molecular flexibility index (Phi) is 4.15. The van der Waals surface area contributed by atoms with Crippen LogP contribution in [0.3, 0.4) is 0 Å². The van der Waals surface area contributed by atoms with E-state index in [0.717, 1.165) is 0 Å². The average Bonchev–Trinajstić information content (AvgIpc) is 3.02. The third-order valence-corrected chi connectivity index (χ3v) is 7.40. The first-order valence-electron chi connectivity index (χ1n) is 10.8. The minimum Gasteiger partial charge on any atom is -0.364 e. The number of nitrogens with zero attached hydrogens (tertiary/aromatic N) is 1. The SMILES string of the molecule is CC1CC=CC=C1N1C2CC[C@](C)(c3ccccc3)C=C2C2C=CCCC21. The quantitative estimate of drug-likeness (QED) is 0.573. The summed E-state index contributed by atoms with van der Waals surface area (Å²) < 4.78 is 0. The first-order chi connectivity index (χ1) is 13.2. The van der Waals surface area contributed by atoms with Crippen LogP contribution in [-0.2, 0) is 5.41 Å². The Morgan fingerprint density at radius 3 is 2.74 bits per heavy atom. The molecule has 0 N–H and O–H groups in total. The van der Waals surface area contributed by atoms with E-state index in [2.05, 4.69) is 85.5 Å². The lowest BCUT2D eigenvalue weighted by Gasteiger charge is -2.41. The molecule has 1 aromatic carbocycles. The van der Waals surface area contributed by atoms with Gasteiger partial charge in [-0.2, -0.15) is 0 Å². The predicted molar refractivity (Wildman–Crippen MR) is 113 cm³/mol. The van der Waals surface area contributed by atoms with Crippen molar-refractivity contribution < 1.29 is 0 Å². The summed E-state index contributed by atoms with van der Waals surface area (Å²) in [6.07, 6.45) is 20.8. The molecule has 0 bridgehead atoms. The van der Waals surface area contributed by atoms with Crippen LogP contribution in [0.25, 0.3) is 0 Å². The summed E-state index contributed by atoms with van der Waals surface area (Å²) in [6, 6.07) is 12.4. The van der Waals surface area contributed by atoms with Gasteiger partial charge in [-0.05, 0) is 55.2 Å². The van der Waals surface area contributed by atoms with Crippen molar-refractivity contribution >= 4 is 0 Å². The van der Waals surface area contributed by atoms with Gasteiger partial charge in [0.05, 0.1) is 6.04 Å². The van der Waals surface area contributed by atoms with Crippen LogP contribution < -0.4 is 0 Å². The summed E-state index contributed by atoms with van der Waals surface area (Å²) in [4.78, 5) is 2.85. The number of rotatable bonds is 2. The summed E-state index contributed by atoms with van der Waals surface area (Å²) in [7, 11) is 0. The lowest BCUT2D eigenvalue weighted by atomic mass is 9.70. The molecule has 0 amide bonds. The monoisotopic (exact) mass is 357 g/mol. The fourth-order valence-electron chi connectivity index (χ4n) is 5.94. The molecule has 5 rings (SSSR count). The van der Waals surface area contributed by atoms with Gasteiger partial charge < -0.3 is 4.90 Å². The normalized spacial score (nSPS) is 37.5. The van der Waals surface area contributed by atoms with E-state index in [1.807, 2.05) is 0 Å². The molecule has 27 heavy (non-hydrogen) atoms. The van der Waals surface area contributed by atoms with Crippen molar-refractivity contribution in [1.82, 2.24) is 4.90 Å². The Morgan fingerprint density at radius 2 is 1.93 bits per heavy atom. The van der Waals surface area contributed by atoms with Gasteiger partial charge in [-0.1, -0.05) is 74.6 Å². The van der Waals surface area contributed by atoms with Gasteiger partial charge >= 0.3 is 0 Å². The maximum Gasteiger partial charge on any atom is 0.0510 e. The van der Waals surface area contributed by atoms with E-state index in [1.54, 1.807) is 11.3 Å².